The zero-order valence-corrected chi connectivity index (χ0v) is 17.3. The second-order valence-electron chi connectivity index (χ2n) is 7.00. The summed E-state index contributed by atoms with van der Waals surface area (Å²) in [4.78, 5) is 20.3. The van der Waals surface area contributed by atoms with Crippen molar-refractivity contribution in [1.82, 2.24) is 9.55 Å². The summed E-state index contributed by atoms with van der Waals surface area (Å²) in [6, 6.07) is 10.2. The molecular weight excluding hydrogens is 394 g/mol. The van der Waals surface area contributed by atoms with Gasteiger partial charge in [-0.15, -0.1) is 11.3 Å². The summed E-state index contributed by atoms with van der Waals surface area (Å²) in [5, 5.41) is 14.8. The molecule has 1 N–H and O–H groups in total. The third-order valence-corrected chi connectivity index (χ3v) is 6.44. The number of anilines is 2. The van der Waals surface area contributed by atoms with Crippen molar-refractivity contribution in [3.05, 3.63) is 50.2 Å². The van der Waals surface area contributed by atoms with Crippen molar-refractivity contribution in [2.75, 3.05) is 23.3 Å². The number of halogens is 1. The number of aryl methyl sites for hydroxylation is 2. The lowest BCUT2D eigenvalue weighted by Crippen LogP contribution is -2.40. The molecule has 0 bridgehead atoms. The predicted molar refractivity (Wildman–Crippen MR) is 115 cm³/mol. The third kappa shape index (κ3) is 3.34. The molecular formula is C20H20ClN5OS. The number of piperidine rings is 1. The van der Waals surface area contributed by atoms with Gasteiger partial charge in [0.1, 0.15) is 22.0 Å². The lowest BCUT2D eigenvalue weighted by molar-refractivity contribution is 0.527. The fourth-order valence-corrected chi connectivity index (χ4v) is 4.72. The molecule has 0 saturated carbocycles. The Kier molecular flexibility index (Phi) is 5.00. The topological polar surface area (TPSA) is 74.0 Å². The Morgan fingerprint density at radius 1 is 1.29 bits per heavy atom. The van der Waals surface area contributed by atoms with Crippen LogP contribution in [0.5, 0.6) is 0 Å². The van der Waals surface area contributed by atoms with Crippen molar-refractivity contribution < 1.29 is 0 Å². The highest BCUT2D eigenvalue weighted by atomic mass is 35.5. The van der Waals surface area contributed by atoms with Crippen LogP contribution in [0.15, 0.2) is 29.1 Å². The highest BCUT2D eigenvalue weighted by Crippen LogP contribution is 2.33. The van der Waals surface area contributed by atoms with Crippen LogP contribution in [0, 0.1) is 18.3 Å². The van der Waals surface area contributed by atoms with Crippen LogP contribution in [0.25, 0.3) is 10.3 Å². The number of hydrogen-bond acceptors (Lipinski definition) is 6. The van der Waals surface area contributed by atoms with Gasteiger partial charge in [0.2, 0.25) is 0 Å². The number of thiazole rings is 1. The Morgan fingerprint density at radius 2 is 1.96 bits per heavy atom. The summed E-state index contributed by atoms with van der Waals surface area (Å²) < 4.78 is 1.54. The summed E-state index contributed by atoms with van der Waals surface area (Å²) in [6.07, 6.45) is 1.82. The van der Waals surface area contributed by atoms with Crippen LogP contribution in [0.1, 0.15) is 23.4 Å². The van der Waals surface area contributed by atoms with Crippen LogP contribution in [0.4, 0.5) is 11.4 Å². The Labute approximate surface area is 172 Å². The number of fused-ring (bicyclic) bond motifs is 1. The van der Waals surface area contributed by atoms with Crippen LogP contribution < -0.4 is 15.8 Å². The van der Waals surface area contributed by atoms with Gasteiger partial charge < -0.3 is 14.8 Å². The van der Waals surface area contributed by atoms with Crippen molar-refractivity contribution in [2.24, 2.45) is 7.05 Å². The minimum Gasteiger partial charge on any atom is -0.382 e. The minimum absolute atomic E-state index is 0.185. The largest absolute Gasteiger partial charge is 0.382 e. The Balaban J connectivity index is 1.60. The molecule has 1 saturated heterocycles. The lowest BCUT2D eigenvalue weighted by Gasteiger charge is -2.34. The van der Waals surface area contributed by atoms with Gasteiger partial charge in [0.15, 0.2) is 0 Å². The smallest absolute Gasteiger partial charge is 0.271 e. The molecule has 144 valence electrons. The molecule has 8 heteroatoms. The molecule has 0 unspecified atom stereocenters. The molecule has 1 aromatic carbocycles. The van der Waals surface area contributed by atoms with Gasteiger partial charge in [-0.1, -0.05) is 11.6 Å². The van der Waals surface area contributed by atoms with Gasteiger partial charge in [-0.25, -0.2) is 4.98 Å². The lowest BCUT2D eigenvalue weighted by atomic mass is 10.0. The molecule has 0 aliphatic carbocycles. The number of rotatable bonds is 3. The summed E-state index contributed by atoms with van der Waals surface area (Å²) in [6.45, 7) is 3.45. The molecule has 1 aliphatic rings. The summed E-state index contributed by atoms with van der Waals surface area (Å²) in [5.41, 5.74) is 2.42. The van der Waals surface area contributed by atoms with Gasteiger partial charge in [0.05, 0.1) is 10.7 Å². The fourth-order valence-electron chi connectivity index (χ4n) is 3.72. The number of nitrogens with one attached hydrogen (secondary N) is 1. The van der Waals surface area contributed by atoms with Crippen molar-refractivity contribution in [2.45, 2.75) is 25.8 Å². The molecule has 0 atom stereocenters. The molecule has 6 nitrogen and oxygen atoms in total. The predicted octanol–water partition coefficient (Wildman–Crippen LogP) is 3.91. The quantitative estimate of drug-likeness (QED) is 0.704. The first-order chi connectivity index (χ1) is 13.5. The Hall–Kier alpha value is -2.56. The van der Waals surface area contributed by atoms with E-state index in [0.29, 0.717) is 11.7 Å². The number of aromatic nitrogens is 2. The standard InChI is InChI=1S/C20H20ClN5OS/c1-12-23-17-18(16(11-22)19(27)25(2)20(17)28-12)26-9-7-15(8-10-26)24-14-5-3-13(21)4-6-14/h3-6,15,24H,7-10H2,1-2H3. The van der Waals surface area contributed by atoms with Crippen LogP contribution in [-0.2, 0) is 7.05 Å². The van der Waals surface area contributed by atoms with E-state index in [9.17, 15) is 10.1 Å². The van der Waals surface area contributed by atoms with Gasteiger partial charge in [0.25, 0.3) is 5.56 Å². The summed E-state index contributed by atoms with van der Waals surface area (Å²) in [5.74, 6) is 0. The molecule has 0 spiro atoms. The molecule has 1 aliphatic heterocycles. The van der Waals surface area contributed by atoms with Crippen molar-refractivity contribution in [3.8, 4) is 6.07 Å². The molecule has 0 radical (unpaired) electrons. The maximum absolute atomic E-state index is 12.7. The van der Waals surface area contributed by atoms with E-state index in [1.54, 1.807) is 7.05 Å². The van der Waals surface area contributed by atoms with Crippen molar-refractivity contribution in [1.29, 1.82) is 5.26 Å². The Morgan fingerprint density at radius 3 is 2.61 bits per heavy atom. The maximum Gasteiger partial charge on any atom is 0.271 e. The summed E-state index contributed by atoms with van der Waals surface area (Å²) >= 11 is 7.44. The van der Waals surface area contributed by atoms with Crippen molar-refractivity contribution in [3.63, 3.8) is 0 Å². The van der Waals surface area contributed by atoms with Crippen LogP contribution in [0.3, 0.4) is 0 Å². The molecule has 0 amide bonds. The monoisotopic (exact) mass is 413 g/mol. The number of benzene rings is 1. The highest BCUT2D eigenvalue weighted by Gasteiger charge is 2.26. The van der Waals surface area contributed by atoms with E-state index < -0.39 is 0 Å². The molecule has 3 heterocycles. The first-order valence-electron chi connectivity index (χ1n) is 9.15. The zero-order chi connectivity index (χ0) is 19.8. The molecule has 4 rings (SSSR count). The van der Waals surface area contributed by atoms with E-state index in [0.717, 1.165) is 52.0 Å². The van der Waals surface area contributed by atoms with Crippen LogP contribution in [-0.4, -0.2) is 28.7 Å². The number of pyridine rings is 1. The zero-order valence-electron chi connectivity index (χ0n) is 15.7. The molecule has 1 fully saturated rings. The van der Waals surface area contributed by atoms with E-state index in [1.165, 1.54) is 15.9 Å². The van der Waals surface area contributed by atoms with E-state index in [4.69, 9.17) is 11.6 Å². The normalized spacial score (nSPS) is 15.0. The Bertz CT molecular complexity index is 1120. The van der Waals surface area contributed by atoms with Crippen LogP contribution >= 0.6 is 22.9 Å². The minimum atomic E-state index is -0.255. The van der Waals surface area contributed by atoms with Gasteiger partial charge in [-0.2, -0.15) is 5.26 Å². The average molecular weight is 414 g/mol. The highest BCUT2D eigenvalue weighted by molar-refractivity contribution is 7.18. The van der Waals surface area contributed by atoms with Crippen molar-refractivity contribution >= 4 is 44.7 Å². The van der Waals surface area contributed by atoms with Gasteiger partial charge in [-0.05, 0) is 44.0 Å². The SMILES string of the molecule is Cc1nc2c(N3CCC(Nc4ccc(Cl)cc4)CC3)c(C#N)c(=O)n(C)c2s1. The van der Waals surface area contributed by atoms with E-state index >= 15 is 0 Å². The first kappa shape index (κ1) is 18.8. The van der Waals surface area contributed by atoms with E-state index in [-0.39, 0.29) is 11.1 Å². The van der Waals surface area contributed by atoms with E-state index in [2.05, 4.69) is 21.3 Å². The van der Waals surface area contributed by atoms with Gasteiger partial charge >= 0.3 is 0 Å². The maximum atomic E-state index is 12.7. The molecule has 2 aromatic heterocycles. The fraction of sp³-hybridized carbons (Fsp3) is 0.350. The second kappa shape index (κ2) is 7.46. The second-order valence-corrected chi connectivity index (χ2v) is 8.62. The van der Waals surface area contributed by atoms with Gasteiger partial charge in [0, 0.05) is 36.9 Å². The average Bonchev–Trinajstić information content (AvgIpc) is 3.08. The number of nitrogens with zero attached hydrogens (tertiary/aromatic N) is 4. The molecule has 28 heavy (non-hydrogen) atoms. The van der Waals surface area contributed by atoms with Crippen LogP contribution in [0.2, 0.25) is 5.02 Å². The molecule has 3 aromatic rings. The number of hydrogen-bond donors (Lipinski definition) is 1. The summed E-state index contributed by atoms with van der Waals surface area (Å²) in [7, 11) is 1.70. The van der Waals surface area contributed by atoms with E-state index in [1.807, 2.05) is 31.2 Å². The first-order valence-corrected chi connectivity index (χ1v) is 10.3. The number of nitriles is 1. The van der Waals surface area contributed by atoms with Gasteiger partial charge in [-0.3, -0.25) is 4.79 Å². The third-order valence-electron chi connectivity index (χ3n) is 5.14.